The van der Waals surface area contributed by atoms with E-state index in [1.807, 2.05) is 13.0 Å². The van der Waals surface area contributed by atoms with Crippen molar-refractivity contribution in [2.45, 2.75) is 45.6 Å². The van der Waals surface area contributed by atoms with E-state index in [2.05, 4.69) is 20.7 Å². The summed E-state index contributed by atoms with van der Waals surface area (Å²) in [7, 11) is 0. The normalized spacial score (nSPS) is 26.2. The number of carbonyl (C=O) groups is 2. The van der Waals surface area contributed by atoms with Crippen LogP contribution in [0.25, 0.3) is 5.52 Å². The summed E-state index contributed by atoms with van der Waals surface area (Å²) in [6.45, 7) is 3.64. The van der Waals surface area contributed by atoms with Crippen molar-refractivity contribution in [2.75, 3.05) is 17.2 Å². The summed E-state index contributed by atoms with van der Waals surface area (Å²) in [5.41, 5.74) is 0.692. The maximum absolute atomic E-state index is 12.7. The van der Waals surface area contributed by atoms with Gasteiger partial charge in [-0.3, -0.25) is 9.59 Å². The molecular weight excluding hydrogens is 382 g/mol. The number of rotatable bonds is 5. The molecule has 0 aromatic carbocycles. The first-order valence-corrected chi connectivity index (χ1v) is 10.1. The molecule has 0 spiro atoms. The molecule has 0 saturated heterocycles. The van der Waals surface area contributed by atoms with Gasteiger partial charge in [0.2, 0.25) is 11.2 Å². The minimum absolute atomic E-state index is 0.0552. The Labute approximate surface area is 168 Å². The first kappa shape index (κ1) is 19.0. The van der Waals surface area contributed by atoms with Crippen LogP contribution in [-0.2, 0) is 14.3 Å². The quantitative estimate of drug-likeness (QED) is 0.741. The van der Waals surface area contributed by atoms with Crippen molar-refractivity contribution in [1.82, 2.24) is 14.6 Å². The molecule has 8 nitrogen and oxygen atoms in total. The Morgan fingerprint density at radius 2 is 1.96 bits per heavy atom. The van der Waals surface area contributed by atoms with E-state index in [1.54, 1.807) is 10.6 Å². The summed E-state index contributed by atoms with van der Waals surface area (Å²) in [5, 5.41) is 10.5. The number of aromatic nitrogens is 3. The third kappa shape index (κ3) is 3.41. The Morgan fingerprint density at radius 1 is 1.25 bits per heavy atom. The van der Waals surface area contributed by atoms with Crippen LogP contribution in [0.1, 0.15) is 39.5 Å². The van der Waals surface area contributed by atoms with Crippen molar-refractivity contribution in [3.63, 3.8) is 0 Å². The number of hydrogen-bond acceptors (Lipinski definition) is 6. The van der Waals surface area contributed by atoms with Crippen LogP contribution >= 0.6 is 11.6 Å². The molecule has 2 atom stereocenters. The minimum Gasteiger partial charge on any atom is -0.466 e. The van der Waals surface area contributed by atoms with Gasteiger partial charge in [-0.1, -0.05) is 0 Å². The molecule has 150 valence electrons. The smallest absolute Gasteiger partial charge is 0.311 e. The average molecular weight is 406 g/mol. The summed E-state index contributed by atoms with van der Waals surface area (Å²) < 4.78 is 6.93. The van der Waals surface area contributed by atoms with Gasteiger partial charge in [0.15, 0.2) is 5.82 Å². The lowest BCUT2D eigenvalue weighted by Gasteiger charge is -2.47. The number of nitrogens with one attached hydrogen (secondary N) is 2. The molecule has 2 heterocycles. The van der Waals surface area contributed by atoms with E-state index in [-0.39, 0.29) is 29.1 Å². The van der Waals surface area contributed by atoms with Gasteiger partial charge in [0, 0.05) is 13.0 Å². The zero-order valence-corrected chi connectivity index (χ0v) is 16.7. The summed E-state index contributed by atoms with van der Waals surface area (Å²) in [6.07, 6.45) is 4.30. The lowest BCUT2D eigenvalue weighted by Crippen LogP contribution is -2.52. The molecular formula is C19H24ClN5O3. The Balaban J connectivity index is 1.69. The Hall–Kier alpha value is -2.35. The number of esters is 1. The maximum atomic E-state index is 12.7. The number of halogens is 1. The highest BCUT2D eigenvalue weighted by Crippen LogP contribution is 2.47. The summed E-state index contributed by atoms with van der Waals surface area (Å²) >= 11 is 6.15. The molecule has 2 bridgehead atoms. The van der Waals surface area contributed by atoms with Crippen molar-refractivity contribution < 1.29 is 14.3 Å². The fourth-order valence-corrected chi connectivity index (χ4v) is 4.90. The van der Waals surface area contributed by atoms with Crippen LogP contribution in [0.3, 0.4) is 0 Å². The van der Waals surface area contributed by atoms with Gasteiger partial charge in [0.25, 0.3) is 0 Å². The van der Waals surface area contributed by atoms with Gasteiger partial charge in [0.1, 0.15) is 11.3 Å². The highest BCUT2D eigenvalue weighted by molar-refractivity contribution is 6.28. The molecule has 5 rings (SSSR count). The molecule has 3 aliphatic rings. The van der Waals surface area contributed by atoms with Crippen LogP contribution in [0.15, 0.2) is 12.1 Å². The summed E-state index contributed by atoms with van der Waals surface area (Å²) in [5.74, 6) is 1.27. The van der Waals surface area contributed by atoms with Crippen molar-refractivity contribution in [1.29, 1.82) is 0 Å². The lowest BCUT2D eigenvalue weighted by atomic mass is 9.61. The highest BCUT2D eigenvalue weighted by atomic mass is 35.5. The van der Waals surface area contributed by atoms with E-state index < -0.39 is 0 Å². The van der Waals surface area contributed by atoms with Crippen molar-refractivity contribution in [3.8, 4) is 0 Å². The third-order valence-electron chi connectivity index (χ3n) is 5.87. The Kier molecular flexibility index (Phi) is 5.14. The fourth-order valence-electron chi connectivity index (χ4n) is 4.74. The third-order valence-corrected chi connectivity index (χ3v) is 6.03. The molecule has 3 aliphatic carbocycles. The van der Waals surface area contributed by atoms with Crippen LogP contribution in [0, 0.1) is 17.8 Å². The molecule has 0 radical (unpaired) electrons. The second kappa shape index (κ2) is 7.58. The van der Waals surface area contributed by atoms with Gasteiger partial charge < -0.3 is 15.4 Å². The van der Waals surface area contributed by atoms with Crippen molar-refractivity contribution >= 4 is 40.6 Å². The number of anilines is 2. The fraction of sp³-hybridized carbons (Fsp3) is 0.579. The number of hydrogen-bond donors (Lipinski definition) is 2. The largest absolute Gasteiger partial charge is 0.466 e. The second-order valence-electron chi connectivity index (χ2n) is 7.55. The van der Waals surface area contributed by atoms with Gasteiger partial charge in [-0.05, 0) is 68.2 Å². The lowest BCUT2D eigenvalue weighted by molar-refractivity contribution is -0.154. The van der Waals surface area contributed by atoms with Crippen LogP contribution in [-0.4, -0.2) is 39.1 Å². The van der Waals surface area contributed by atoms with Gasteiger partial charge in [0.05, 0.1) is 12.5 Å². The maximum Gasteiger partial charge on any atom is 0.311 e. The molecule has 3 fully saturated rings. The number of amides is 1. The Bertz CT molecular complexity index is 906. The van der Waals surface area contributed by atoms with E-state index in [0.29, 0.717) is 35.6 Å². The van der Waals surface area contributed by atoms with Gasteiger partial charge in [-0.25, -0.2) is 4.52 Å². The van der Waals surface area contributed by atoms with E-state index in [4.69, 9.17) is 16.3 Å². The molecule has 1 amide bonds. The molecule has 3 saturated carbocycles. The summed E-state index contributed by atoms with van der Waals surface area (Å²) in [4.78, 5) is 28.5. The van der Waals surface area contributed by atoms with Crippen LogP contribution in [0.4, 0.5) is 11.6 Å². The topological polar surface area (TPSA) is 97.6 Å². The predicted octanol–water partition coefficient (Wildman–Crippen LogP) is 3.12. The minimum atomic E-state index is -0.198. The van der Waals surface area contributed by atoms with E-state index in [1.165, 1.54) is 6.92 Å². The molecule has 0 unspecified atom stereocenters. The summed E-state index contributed by atoms with van der Waals surface area (Å²) in [6, 6.07) is 3.52. The van der Waals surface area contributed by atoms with Crippen LogP contribution in [0.2, 0.25) is 5.28 Å². The molecule has 0 aliphatic heterocycles. The van der Waals surface area contributed by atoms with Crippen LogP contribution in [0.5, 0.6) is 0 Å². The molecule has 2 aromatic rings. The van der Waals surface area contributed by atoms with Gasteiger partial charge >= 0.3 is 5.97 Å². The highest BCUT2D eigenvalue weighted by Gasteiger charge is 2.48. The van der Waals surface area contributed by atoms with Crippen molar-refractivity contribution in [2.24, 2.45) is 17.8 Å². The van der Waals surface area contributed by atoms with E-state index in [9.17, 15) is 9.59 Å². The van der Waals surface area contributed by atoms with Gasteiger partial charge in [-0.15, -0.1) is 5.10 Å². The second-order valence-corrected chi connectivity index (χ2v) is 7.89. The molecule has 2 aromatic heterocycles. The molecule has 9 heteroatoms. The van der Waals surface area contributed by atoms with Crippen molar-refractivity contribution in [3.05, 3.63) is 17.4 Å². The number of fused-ring (bicyclic) bond motifs is 4. The van der Waals surface area contributed by atoms with E-state index in [0.717, 1.165) is 25.7 Å². The first-order chi connectivity index (χ1) is 13.5. The Morgan fingerprint density at radius 3 is 2.64 bits per heavy atom. The zero-order chi connectivity index (χ0) is 19.8. The number of ether oxygens (including phenoxy) is 1. The average Bonchev–Trinajstić information content (AvgIpc) is 3.05. The monoisotopic (exact) mass is 405 g/mol. The molecule has 28 heavy (non-hydrogen) atoms. The van der Waals surface area contributed by atoms with Gasteiger partial charge in [-0.2, -0.15) is 4.98 Å². The first-order valence-electron chi connectivity index (χ1n) is 9.74. The number of nitrogens with zero attached hydrogens (tertiary/aromatic N) is 3. The standard InChI is InChI=1S/C19H24ClN5O3/c1-3-28-18(27)15-11-4-6-12(7-5-11)16(15)22-17-13-8-9-14(21-10(2)26)25(13)24-19(20)23-17/h8-9,11-12,15-16H,3-7H2,1-2H3,(H,21,26)(H,22,23,24)/t11-,12+,15-,16-/m0/s1. The van der Waals surface area contributed by atoms with Crippen LogP contribution < -0.4 is 10.6 Å². The van der Waals surface area contributed by atoms with E-state index >= 15 is 0 Å². The number of carbonyl (C=O) groups excluding carboxylic acids is 2. The molecule has 2 N–H and O–H groups in total. The SMILES string of the molecule is CCOC(=O)[C@H]1[C@H]2CC[C@H](CC2)[C@@H]1Nc1nc(Cl)nn2c(NC(C)=O)ccc12. The predicted molar refractivity (Wildman–Crippen MR) is 105 cm³/mol. The zero-order valence-electron chi connectivity index (χ0n) is 15.9.